The summed E-state index contributed by atoms with van der Waals surface area (Å²) in [7, 11) is 0. The molecule has 24 heavy (non-hydrogen) atoms. The van der Waals surface area contributed by atoms with Crippen LogP contribution in [-0.4, -0.2) is 15.7 Å². The van der Waals surface area contributed by atoms with Crippen molar-refractivity contribution in [1.82, 2.24) is 9.97 Å². The van der Waals surface area contributed by atoms with Crippen LogP contribution >= 0.6 is 11.8 Å². The number of aryl methyl sites for hydroxylation is 2. The van der Waals surface area contributed by atoms with E-state index in [0.29, 0.717) is 0 Å². The number of allylic oxidation sites excluding steroid dienone is 1. The Bertz CT molecular complexity index is 915. The Morgan fingerprint density at radius 3 is 2.88 bits per heavy atom. The van der Waals surface area contributed by atoms with Crippen LogP contribution in [0.15, 0.2) is 59.5 Å². The van der Waals surface area contributed by atoms with Crippen molar-refractivity contribution in [3.8, 4) is 11.3 Å². The van der Waals surface area contributed by atoms with Crippen LogP contribution < -0.4 is 0 Å². The lowest BCUT2D eigenvalue weighted by atomic mass is 10.0. The van der Waals surface area contributed by atoms with Gasteiger partial charge in [0.2, 0.25) is 0 Å². The Balaban J connectivity index is 1.83. The van der Waals surface area contributed by atoms with Crippen LogP contribution in [0.2, 0.25) is 0 Å². The predicted molar refractivity (Wildman–Crippen MR) is 103 cm³/mol. The molecule has 3 heteroatoms. The average Bonchev–Trinajstić information content (AvgIpc) is 2.72. The number of hydrogen-bond acceptors (Lipinski definition) is 3. The highest BCUT2D eigenvalue weighted by Crippen LogP contribution is 2.32. The van der Waals surface area contributed by atoms with E-state index in [-0.39, 0.29) is 0 Å². The molecule has 0 saturated heterocycles. The van der Waals surface area contributed by atoms with E-state index in [0.717, 1.165) is 34.6 Å². The van der Waals surface area contributed by atoms with Crippen LogP contribution in [0.3, 0.4) is 0 Å². The van der Waals surface area contributed by atoms with Gasteiger partial charge in [-0.1, -0.05) is 36.4 Å². The van der Waals surface area contributed by atoms with Crippen LogP contribution in [-0.2, 0) is 6.42 Å². The molecule has 0 N–H and O–H groups in total. The number of rotatable bonds is 1. The molecule has 0 spiro atoms. The first-order valence-electron chi connectivity index (χ1n) is 8.46. The number of nitrogens with zero attached hydrogens (tertiary/aromatic N) is 2. The molecule has 2 nitrogen and oxygen atoms in total. The summed E-state index contributed by atoms with van der Waals surface area (Å²) in [5.74, 6) is 1.88. The Morgan fingerprint density at radius 1 is 1.00 bits per heavy atom. The molecule has 0 atom stereocenters. The third-order valence-corrected chi connectivity index (χ3v) is 5.44. The van der Waals surface area contributed by atoms with E-state index in [9.17, 15) is 0 Å². The highest BCUT2D eigenvalue weighted by atomic mass is 32.2. The van der Waals surface area contributed by atoms with Crippen molar-refractivity contribution in [2.24, 2.45) is 0 Å². The summed E-state index contributed by atoms with van der Waals surface area (Å²) >= 11 is 1.93. The van der Waals surface area contributed by atoms with Gasteiger partial charge >= 0.3 is 0 Å². The third-order valence-electron chi connectivity index (χ3n) is 4.37. The molecule has 1 aliphatic heterocycles. The zero-order chi connectivity index (χ0) is 16.4. The molecule has 0 fully saturated rings. The van der Waals surface area contributed by atoms with Crippen molar-refractivity contribution >= 4 is 22.7 Å². The zero-order valence-corrected chi connectivity index (χ0v) is 14.6. The lowest BCUT2D eigenvalue weighted by molar-refractivity contribution is 0.831. The second-order valence-corrected chi connectivity index (χ2v) is 7.20. The fourth-order valence-corrected chi connectivity index (χ4v) is 4.13. The van der Waals surface area contributed by atoms with E-state index in [4.69, 9.17) is 4.98 Å². The SMILES string of the molecule is Cc1nc(-c2ccc3c(c2)CCC/C=C\CS3)c2ccccc2n1. The summed E-state index contributed by atoms with van der Waals surface area (Å²) in [5, 5.41) is 1.13. The van der Waals surface area contributed by atoms with Gasteiger partial charge in [0, 0.05) is 21.6 Å². The first-order valence-corrected chi connectivity index (χ1v) is 9.44. The summed E-state index contributed by atoms with van der Waals surface area (Å²) in [4.78, 5) is 10.7. The van der Waals surface area contributed by atoms with Gasteiger partial charge in [0.05, 0.1) is 11.2 Å². The molecular formula is C21H20N2S. The third kappa shape index (κ3) is 3.09. The lowest BCUT2D eigenvalue weighted by Gasteiger charge is -2.12. The maximum atomic E-state index is 4.75. The largest absolute Gasteiger partial charge is 0.233 e. The second-order valence-electron chi connectivity index (χ2n) is 6.13. The summed E-state index contributed by atoms with van der Waals surface area (Å²) in [6.45, 7) is 1.97. The van der Waals surface area contributed by atoms with E-state index in [2.05, 4.69) is 53.5 Å². The number of hydrogen-bond donors (Lipinski definition) is 0. The second kappa shape index (κ2) is 6.78. The number of para-hydroxylation sites is 1. The van der Waals surface area contributed by atoms with E-state index in [1.54, 1.807) is 0 Å². The van der Waals surface area contributed by atoms with Crippen molar-refractivity contribution < 1.29 is 0 Å². The van der Waals surface area contributed by atoms with Gasteiger partial charge in [-0.15, -0.1) is 11.8 Å². The molecular weight excluding hydrogens is 312 g/mol. The van der Waals surface area contributed by atoms with Crippen LogP contribution in [0.1, 0.15) is 24.2 Å². The quantitative estimate of drug-likeness (QED) is 0.543. The molecule has 0 aliphatic carbocycles. The average molecular weight is 332 g/mol. The van der Waals surface area contributed by atoms with Crippen molar-refractivity contribution in [1.29, 1.82) is 0 Å². The maximum absolute atomic E-state index is 4.75. The molecule has 0 amide bonds. The smallest absolute Gasteiger partial charge is 0.126 e. The molecule has 2 aromatic carbocycles. The standard InChI is InChI=1S/C21H20N2S/c1-15-22-19-10-6-5-9-18(19)21(23-15)17-11-12-20-16(14-17)8-4-2-3-7-13-24-20/h3,5-7,9-12,14H,2,4,8,13H2,1H3/b7-3-. The van der Waals surface area contributed by atoms with Gasteiger partial charge in [0.25, 0.3) is 0 Å². The molecule has 1 aromatic heterocycles. The van der Waals surface area contributed by atoms with E-state index >= 15 is 0 Å². The molecule has 0 unspecified atom stereocenters. The molecule has 3 aromatic rings. The van der Waals surface area contributed by atoms with Gasteiger partial charge < -0.3 is 0 Å². The summed E-state index contributed by atoms with van der Waals surface area (Å²) in [5.41, 5.74) is 4.70. The molecule has 0 bridgehead atoms. The van der Waals surface area contributed by atoms with Gasteiger partial charge in [0.15, 0.2) is 0 Å². The first-order chi connectivity index (χ1) is 11.8. The normalized spacial score (nSPS) is 16.0. The summed E-state index contributed by atoms with van der Waals surface area (Å²) in [6, 6.07) is 15.1. The minimum Gasteiger partial charge on any atom is -0.233 e. The Labute approximate surface area is 147 Å². The molecule has 1 aliphatic rings. The number of aromatic nitrogens is 2. The fraction of sp³-hybridized carbons (Fsp3) is 0.238. The summed E-state index contributed by atoms with van der Waals surface area (Å²) < 4.78 is 0. The molecule has 120 valence electrons. The van der Waals surface area contributed by atoms with E-state index in [1.807, 2.05) is 24.8 Å². The van der Waals surface area contributed by atoms with Crippen molar-refractivity contribution in [2.75, 3.05) is 5.75 Å². The molecule has 4 rings (SSSR count). The van der Waals surface area contributed by atoms with Crippen LogP contribution in [0.25, 0.3) is 22.2 Å². The van der Waals surface area contributed by atoms with Gasteiger partial charge in [-0.25, -0.2) is 9.97 Å². The van der Waals surface area contributed by atoms with Crippen LogP contribution in [0, 0.1) is 6.92 Å². The number of thioether (sulfide) groups is 1. The predicted octanol–water partition coefficient (Wildman–Crippen LogP) is 5.59. The van der Waals surface area contributed by atoms with Crippen molar-refractivity contribution in [3.05, 3.63) is 66.0 Å². The van der Waals surface area contributed by atoms with Gasteiger partial charge in [-0.2, -0.15) is 0 Å². The Hall–Kier alpha value is -2.13. The van der Waals surface area contributed by atoms with E-state index in [1.165, 1.54) is 28.9 Å². The van der Waals surface area contributed by atoms with Crippen LogP contribution in [0.5, 0.6) is 0 Å². The van der Waals surface area contributed by atoms with E-state index < -0.39 is 0 Å². The fourth-order valence-electron chi connectivity index (χ4n) is 3.21. The van der Waals surface area contributed by atoms with Crippen LogP contribution in [0.4, 0.5) is 0 Å². The van der Waals surface area contributed by atoms with Crippen molar-refractivity contribution in [2.45, 2.75) is 31.1 Å². The first kappa shape index (κ1) is 15.4. The van der Waals surface area contributed by atoms with Crippen molar-refractivity contribution in [3.63, 3.8) is 0 Å². The maximum Gasteiger partial charge on any atom is 0.126 e. The number of fused-ring (bicyclic) bond motifs is 2. The molecule has 0 radical (unpaired) electrons. The zero-order valence-electron chi connectivity index (χ0n) is 13.8. The minimum atomic E-state index is 0.825. The minimum absolute atomic E-state index is 0.825. The monoisotopic (exact) mass is 332 g/mol. The molecule has 0 saturated carbocycles. The highest BCUT2D eigenvalue weighted by Gasteiger charge is 2.11. The summed E-state index contributed by atoms with van der Waals surface area (Å²) in [6.07, 6.45) is 8.09. The van der Waals surface area contributed by atoms with Gasteiger partial charge in [-0.05, 0) is 49.9 Å². The van der Waals surface area contributed by atoms with Gasteiger partial charge in [-0.3, -0.25) is 0 Å². The Morgan fingerprint density at radius 2 is 1.92 bits per heavy atom. The van der Waals surface area contributed by atoms with Gasteiger partial charge in [0.1, 0.15) is 5.82 Å². The number of benzene rings is 2. The Kier molecular flexibility index (Phi) is 4.35. The lowest BCUT2D eigenvalue weighted by Crippen LogP contribution is -1.96. The molecule has 2 heterocycles. The topological polar surface area (TPSA) is 25.8 Å². The highest BCUT2D eigenvalue weighted by molar-refractivity contribution is 7.99.